The van der Waals surface area contributed by atoms with Crippen molar-refractivity contribution in [1.29, 1.82) is 0 Å². The molecule has 4 heteroatoms. The smallest absolute Gasteiger partial charge is 0.270 e. The Morgan fingerprint density at radius 2 is 1.82 bits per heavy atom. The number of benzene rings is 1. The first-order valence-electron chi connectivity index (χ1n) is 7.62. The topological polar surface area (TPSA) is 54.0 Å². The van der Waals surface area contributed by atoms with Crippen LogP contribution in [0.15, 0.2) is 48.7 Å². The summed E-state index contributed by atoms with van der Waals surface area (Å²) < 4.78 is 0. The molecule has 0 saturated carbocycles. The number of carbonyl (C=O) groups is 1. The highest BCUT2D eigenvalue weighted by molar-refractivity contribution is 5.92. The van der Waals surface area contributed by atoms with Gasteiger partial charge in [-0.15, -0.1) is 0 Å². The van der Waals surface area contributed by atoms with E-state index in [2.05, 4.69) is 29.5 Å². The second-order valence-electron chi connectivity index (χ2n) is 5.81. The van der Waals surface area contributed by atoms with Gasteiger partial charge in [0.15, 0.2) is 0 Å². The molecule has 1 heterocycles. The van der Waals surface area contributed by atoms with E-state index in [4.69, 9.17) is 0 Å². The Morgan fingerprint density at radius 1 is 1.09 bits per heavy atom. The van der Waals surface area contributed by atoms with Gasteiger partial charge < -0.3 is 10.6 Å². The van der Waals surface area contributed by atoms with Crippen LogP contribution < -0.4 is 10.6 Å². The van der Waals surface area contributed by atoms with Gasteiger partial charge in [-0.3, -0.25) is 4.79 Å². The monoisotopic (exact) mass is 297 g/mol. The quantitative estimate of drug-likeness (QED) is 0.856. The maximum atomic E-state index is 12.2. The number of anilines is 1. The molecule has 0 spiro atoms. The van der Waals surface area contributed by atoms with Crippen molar-refractivity contribution in [2.45, 2.75) is 26.8 Å². The van der Waals surface area contributed by atoms with E-state index in [1.54, 1.807) is 12.3 Å². The Labute approximate surface area is 132 Å². The van der Waals surface area contributed by atoms with Gasteiger partial charge in [-0.05, 0) is 30.5 Å². The van der Waals surface area contributed by atoms with Crippen LogP contribution in [0.1, 0.15) is 42.9 Å². The molecule has 2 N–H and O–H groups in total. The molecule has 2 rings (SSSR count). The van der Waals surface area contributed by atoms with Crippen LogP contribution in [0, 0.1) is 5.92 Å². The molecule has 2 aromatic rings. The number of hydrogen-bond acceptors (Lipinski definition) is 3. The minimum absolute atomic E-state index is 0.0470. The molecule has 1 unspecified atom stereocenters. The molecule has 1 aromatic heterocycles. The van der Waals surface area contributed by atoms with E-state index in [-0.39, 0.29) is 11.9 Å². The van der Waals surface area contributed by atoms with Gasteiger partial charge in [0.1, 0.15) is 5.69 Å². The van der Waals surface area contributed by atoms with E-state index in [9.17, 15) is 4.79 Å². The molecule has 0 radical (unpaired) electrons. The van der Waals surface area contributed by atoms with E-state index in [0.29, 0.717) is 11.6 Å². The zero-order valence-corrected chi connectivity index (χ0v) is 13.3. The average Bonchev–Trinajstić information content (AvgIpc) is 2.54. The molecule has 22 heavy (non-hydrogen) atoms. The van der Waals surface area contributed by atoms with Crippen molar-refractivity contribution in [3.63, 3.8) is 0 Å². The fraction of sp³-hybridized carbons (Fsp3) is 0.333. The van der Waals surface area contributed by atoms with Crippen molar-refractivity contribution in [1.82, 2.24) is 10.3 Å². The fourth-order valence-corrected chi connectivity index (χ4v) is 2.05. The van der Waals surface area contributed by atoms with Gasteiger partial charge in [0, 0.05) is 6.54 Å². The lowest BCUT2D eigenvalue weighted by Crippen LogP contribution is -2.27. The fourth-order valence-electron chi connectivity index (χ4n) is 2.05. The van der Waals surface area contributed by atoms with Gasteiger partial charge in [-0.25, -0.2) is 4.98 Å². The number of hydrogen-bond donors (Lipinski definition) is 2. The summed E-state index contributed by atoms with van der Waals surface area (Å²) in [4.78, 5) is 16.4. The predicted octanol–water partition coefficient (Wildman–Crippen LogP) is 3.64. The van der Waals surface area contributed by atoms with E-state index < -0.39 is 0 Å². The molecular formula is C18H23N3O. The molecule has 0 aliphatic rings. The van der Waals surface area contributed by atoms with Crippen molar-refractivity contribution in [2.24, 2.45) is 5.92 Å². The zero-order valence-electron chi connectivity index (χ0n) is 13.3. The maximum Gasteiger partial charge on any atom is 0.270 e. The molecule has 0 aliphatic carbocycles. The third-order valence-electron chi connectivity index (χ3n) is 3.36. The van der Waals surface area contributed by atoms with Crippen molar-refractivity contribution < 1.29 is 4.79 Å². The highest BCUT2D eigenvalue weighted by Gasteiger charge is 2.12. The Bertz CT molecular complexity index is 593. The molecule has 0 fully saturated rings. The van der Waals surface area contributed by atoms with Crippen LogP contribution >= 0.6 is 0 Å². The molecule has 1 aromatic carbocycles. The number of rotatable bonds is 6. The normalized spacial score (nSPS) is 12.0. The number of nitrogens with zero attached hydrogens (tertiary/aromatic N) is 1. The minimum Gasteiger partial charge on any atom is -0.384 e. The first-order chi connectivity index (χ1) is 10.6. The summed E-state index contributed by atoms with van der Waals surface area (Å²) >= 11 is 0. The van der Waals surface area contributed by atoms with Crippen LogP contribution in [0.3, 0.4) is 0 Å². The first kappa shape index (κ1) is 16.0. The van der Waals surface area contributed by atoms with Gasteiger partial charge in [0.25, 0.3) is 5.91 Å². The van der Waals surface area contributed by atoms with Crippen molar-refractivity contribution in [3.8, 4) is 0 Å². The molecule has 0 saturated heterocycles. The van der Waals surface area contributed by atoms with Gasteiger partial charge in [-0.2, -0.15) is 0 Å². The summed E-state index contributed by atoms with van der Waals surface area (Å²) in [6.45, 7) is 7.14. The molecule has 1 atom stereocenters. The molecule has 0 aliphatic heterocycles. The SMILES string of the molecule is CC(C)CNc1ccc(C(=O)NC(C)c2ccccc2)nc1. The summed E-state index contributed by atoms with van der Waals surface area (Å²) in [5.74, 6) is 0.404. The number of carbonyl (C=O) groups excluding carboxylic acids is 1. The van der Waals surface area contributed by atoms with Gasteiger partial charge in [0.05, 0.1) is 17.9 Å². The van der Waals surface area contributed by atoms with Crippen molar-refractivity contribution >= 4 is 11.6 Å². The molecule has 116 valence electrons. The van der Waals surface area contributed by atoms with Crippen molar-refractivity contribution in [2.75, 3.05) is 11.9 Å². The van der Waals surface area contributed by atoms with Crippen LogP contribution in [-0.4, -0.2) is 17.4 Å². The lowest BCUT2D eigenvalue weighted by atomic mass is 10.1. The Morgan fingerprint density at radius 3 is 2.41 bits per heavy atom. The van der Waals surface area contributed by atoms with Gasteiger partial charge in [-0.1, -0.05) is 44.2 Å². The zero-order chi connectivity index (χ0) is 15.9. The average molecular weight is 297 g/mol. The number of amides is 1. The molecule has 0 bridgehead atoms. The maximum absolute atomic E-state index is 12.2. The van der Waals surface area contributed by atoms with Gasteiger partial charge in [0.2, 0.25) is 0 Å². The summed E-state index contributed by atoms with van der Waals surface area (Å²) in [5, 5.41) is 6.24. The summed E-state index contributed by atoms with van der Waals surface area (Å²) in [7, 11) is 0. The highest BCUT2D eigenvalue weighted by Crippen LogP contribution is 2.13. The third kappa shape index (κ3) is 4.58. The van der Waals surface area contributed by atoms with E-state index in [1.807, 2.05) is 43.3 Å². The predicted molar refractivity (Wildman–Crippen MR) is 89.9 cm³/mol. The largest absolute Gasteiger partial charge is 0.384 e. The Hall–Kier alpha value is -2.36. The Kier molecular flexibility index (Phi) is 5.53. The molecule has 1 amide bonds. The second kappa shape index (κ2) is 7.59. The van der Waals surface area contributed by atoms with Crippen LogP contribution in [0.25, 0.3) is 0 Å². The number of nitrogens with one attached hydrogen (secondary N) is 2. The van der Waals surface area contributed by atoms with Crippen LogP contribution in [-0.2, 0) is 0 Å². The number of pyridine rings is 1. The lowest BCUT2D eigenvalue weighted by Gasteiger charge is -2.14. The van der Waals surface area contributed by atoms with Crippen LogP contribution in [0.5, 0.6) is 0 Å². The highest BCUT2D eigenvalue weighted by atomic mass is 16.1. The van der Waals surface area contributed by atoms with Crippen LogP contribution in [0.4, 0.5) is 5.69 Å². The van der Waals surface area contributed by atoms with E-state index >= 15 is 0 Å². The number of aromatic nitrogens is 1. The van der Waals surface area contributed by atoms with Gasteiger partial charge >= 0.3 is 0 Å². The Balaban J connectivity index is 1.95. The summed E-state index contributed by atoms with van der Waals surface area (Å²) in [5.41, 5.74) is 2.44. The molecule has 4 nitrogen and oxygen atoms in total. The first-order valence-corrected chi connectivity index (χ1v) is 7.62. The van der Waals surface area contributed by atoms with E-state index in [1.165, 1.54) is 0 Å². The summed E-state index contributed by atoms with van der Waals surface area (Å²) in [6.07, 6.45) is 1.70. The third-order valence-corrected chi connectivity index (χ3v) is 3.36. The van der Waals surface area contributed by atoms with E-state index in [0.717, 1.165) is 17.8 Å². The summed E-state index contributed by atoms with van der Waals surface area (Å²) in [6, 6.07) is 13.5. The standard InChI is InChI=1S/C18H23N3O/c1-13(2)11-19-16-9-10-17(20-12-16)18(22)21-14(3)15-7-5-4-6-8-15/h4-10,12-14,19H,11H2,1-3H3,(H,21,22). The second-order valence-corrected chi connectivity index (χ2v) is 5.81. The van der Waals surface area contributed by atoms with Crippen LogP contribution in [0.2, 0.25) is 0 Å². The lowest BCUT2D eigenvalue weighted by molar-refractivity contribution is 0.0935. The molecular weight excluding hydrogens is 274 g/mol. The van der Waals surface area contributed by atoms with Crippen molar-refractivity contribution in [3.05, 3.63) is 59.9 Å². The minimum atomic E-state index is -0.160.